The fourth-order valence-corrected chi connectivity index (χ4v) is 4.20. The lowest BCUT2D eigenvalue weighted by molar-refractivity contribution is -0.140. The summed E-state index contributed by atoms with van der Waals surface area (Å²) in [6.45, 7) is 2.21. The molecule has 6 rings (SSSR count). The molecule has 2 bridgehead atoms. The summed E-state index contributed by atoms with van der Waals surface area (Å²) in [6.07, 6.45) is 4.35. The van der Waals surface area contributed by atoms with E-state index in [1.807, 2.05) is 6.07 Å². The van der Waals surface area contributed by atoms with Crippen molar-refractivity contribution in [3.05, 3.63) is 18.2 Å². The molecular formula is C19H23N3O4. The van der Waals surface area contributed by atoms with Gasteiger partial charge in [-0.2, -0.15) is 0 Å². The van der Waals surface area contributed by atoms with Gasteiger partial charge in [0.25, 0.3) is 0 Å². The molecule has 2 atom stereocenters. The zero-order valence-corrected chi connectivity index (χ0v) is 14.6. The lowest BCUT2D eigenvalue weighted by Crippen LogP contribution is -2.49. The first-order valence-corrected chi connectivity index (χ1v) is 9.43. The van der Waals surface area contributed by atoms with Crippen LogP contribution in [0.4, 0.5) is 10.5 Å². The zero-order chi connectivity index (χ0) is 17.7. The standard InChI is InChI=1S/C19H23N3O4/c23-18-13-3-5-15(22(18)8-12-1-2-12)10-21(9-13)19(24)20-14-4-6-16-17(7-14)26-11-25-16/h4,6-7,12-13,15H,1-3,5,8-11H2,(H,20,24)/t13-,15+/m0/s1. The zero-order valence-electron chi connectivity index (χ0n) is 14.6. The van der Waals surface area contributed by atoms with Gasteiger partial charge in [0.1, 0.15) is 0 Å². The fraction of sp³-hybridized carbons (Fsp3) is 0.579. The van der Waals surface area contributed by atoms with Gasteiger partial charge in [-0.25, -0.2) is 4.79 Å². The number of carbonyl (C=O) groups is 2. The Morgan fingerprint density at radius 3 is 2.81 bits per heavy atom. The van der Waals surface area contributed by atoms with Crippen LogP contribution in [-0.2, 0) is 4.79 Å². The average Bonchev–Trinajstić information content (AvgIpc) is 3.39. The Labute approximate surface area is 152 Å². The maximum absolute atomic E-state index is 12.8. The molecule has 0 aromatic heterocycles. The Morgan fingerprint density at radius 2 is 1.96 bits per heavy atom. The minimum Gasteiger partial charge on any atom is -0.454 e. The quantitative estimate of drug-likeness (QED) is 0.901. The van der Waals surface area contributed by atoms with E-state index in [0.29, 0.717) is 36.2 Å². The highest BCUT2D eigenvalue weighted by Gasteiger charge is 2.43. The van der Waals surface area contributed by atoms with E-state index >= 15 is 0 Å². The summed E-state index contributed by atoms with van der Waals surface area (Å²) in [5, 5.41) is 2.94. The van der Waals surface area contributed by atoms with Crippen molar-refractivity contribution >= 4 is 17.6 Å². The SMILES string of the molecule is O=C(Nc1ccc2c(c1)OCO2)N1C[C@@H]2CC[C@H](C1)N(CC1CC1)C2=O. The fourth-order valence-electron chi connectivity index (χ4n) is 4.20. The van der Waals surface area contributed by atoms with E-state index in [4.69, 9.17) is 9.47 Å². The Balaban J connectivity index is 1.29. The average molecular weight is 357 g/mol. The van der Waals surface area contributed by atoms with Crippen LogP contribution in [0.5, 0.6) is 11.5 Å². The second kappa shape index (κ2) is 6.07. The first-order valence-electron chi connectivity index (χ1n) is 9.43. The molecule has 1 aliphatic carbocycles. The topological polar surface area (TPSA) is 71.1 Å². The summed E-state index contributed by atoms with van der Waals surface area (Å²) >= 11 is 0. The minimum atomic E-state index is -0.151. The molecule has 0 radical (unpaired) electrons. The summed E-state index contributed by atoms with van der Waals surface area (Å²) < 4.78 is 10.7. The Kier molecular flexibility index (Phi) is 3.69. The van der Waals surface area contributed by atoms with Gasteiger partial charge in [0.05, 0.1) is 5.92 Å². The van der Waals surface area contributed by atoms with Crippen LogP contribution in [0.2, 0.25) is 0 Å². The molecule has 1 N–H and O–H groups in total. The molecule has 1 aromatic rings. The number of anilines is 1. The smallest absolute Gasteiger partial charge is 0.321 e. The number of benzene rings is 1. The van der Waals surface area contributed by atoms with Gasteiger partial charge in [-0.05, 0) is 43.7 Å². The third-order valence-corrected chi connectivity index (χ3v) is 5.86. The van der Waals surface area contributed by atoms with Gasteiger partial charge in [0.2, 0.25) is 12.7 Å². The largest absolute Gasteiger partial charge is 0.454 e. The number of hydrogen-bond donors (Lipinski definition) is 1. The lowest BCUT2D eigenvalue weighted by atomic mass is 9.94. The van der Waals surface area contributed by atoms with Gasteiger partial charge in [-0.15, -0.1) is 0 Å². The van der Waals surface area contributed by atoms with Gasteiger partial charge in [-0.3, -0.25) is 4.79 Å². The number of nitrogens with one attached hydrogen (secondary N) is 1. The van der Waals surface area contributed by atoms with Crippen LogP contribution >= 0.6 is 0 Å². The van der Waals surface area contributed by atoms with E-state index in [2.05, 4.69) is 10.2 Å². The maximum Gasteiger partial charge on any atom is 0.321 e. The van der Waals surface area contributed by atoms with E-state index in [9.17, 15) is 9.59 Å². The predicted molar refractivity (Wildman–Crippen MR) is 94.1 cm³/mol. The summed E-state index contributed by atoms with van der Waals surface area (Å²) in [5.74, 6) is 2.19. The molecule has 4 fully saturated rings. The van der Waals surface area contributed by atoms with Gasteiger partial charge < -0.3 is 24.6 Å². The molecular weight excluding hydrogens is 334 g/mol. The van der Waals surface area contributed by atoms with E-state index < -0.39 is 0 Å². The number of nitrogens with zero attached hydrogens (tertiary/aromatic N) is 2. The van der Waals surface area contributed by atoms with Crippen molar-refractivity contribution in [2.75, 3.05) is 31.7 Å². The van der Waals surface area contributed by atoms with Crippen LogP contribution in [0.25, 0.3) is 0 Å². The van der Waals surface area contributed by atoms with E-state index in [1.165, 1.54) is 12.8 Å². The highest BCUT2D eigenvalue weighted by Crippen LogP contribution is 2.36. The van der Waals surface area contributed by atoms with Crippen molar-refractivity contribution in [2.45, 2.75) is 31.7 Å². The highest BCUT2D eigenvalue weighted by atomic mass is 16.7. The minimum absolute atomic E-state index is 0.0602. The number of rotatable bonds is 3. The van der Waals surface area contributed by atoms with Gasteiger partial charge in [-0.1, -0.05) is 0 Å². The van der Waals surface area contributed by atoms with Crippen LogP contribution in [-0.4, -0.2) is 54.2 Å². The van der Waals surface area contributed by atoms with E-state index in [1.54, 1.807) is 17.0 Å². The van der Waals surface area contributed by atoms with Gasteiger partial charge in [0, 0.05) is 37.4 Å². The second-order valence-electron chi connectivity index (χ2n) is 7.77. The molecule has 5 aliphatic rings. The monoisotopic (exact) mass is 357 g/mol. The van der Waals surface area contributed by atoms with Gasteiger partial charge in [0.15, 0.2) is 11.5 Å². The van der Waals surface area contributed by atoms with Crippen LogP contribution < -0.4 is 14.8 Å². The summed E-state index contributed by atoms with van der Waals surface area (Å²) in [7, 11) is 0. The second-order valence-corrected chi connectivity index (χ2v) is 7.77. The third kappa shape index (κ3) is 2.85. The van der Waals surface area contributed by atoms with E-state index in [-0.39, 0.29) is 30.7 Å². The molecule has 1 saturated carbocycles. The molecule has 26 heavy (non-hydrogen) atoms. The number of ether oxygens (including phenoxy) is 2. The predicted octanol–water partition coefficient (Wildman–Crippen LogP) is 2.28. The van der Waals surface area contributed by atoms with Crippen molar-refractivity contribution in [1.29, 1.82) is 0 Å². The highest BCUT2D eigenvalue weighted by molar-refractivity contribution is 5.91. The third-order valence-electron chi connectivity index (χ3n) is 5.86. The van der Waals surface area contributed by atoms with Crippen LogP contribution in [0.1, 0.15) is 25.7 Å². The first kappa shape index (κ1) is 15.8. The first-order chi connectivity index (χ1) is 12.7. The van der Waals surface area contributed by atoms with Crippen LogP contribution in [0.15, 0.2) is 18.2 Å². The van der Waals surface area contributed by atoms with Crippen molar-refractivity contribution in [1.82, 2.24) is 9.80 Å². The van der Waals surface area contributed by atoms with Crippen molar-refractivity contribution in [3.63, 3.8) is 0 Å². The Hall–Kier alpha value is -2.44. The summed E-state index contributed by atoms with van der Waals surface area (Å²) in [4.78, 5) is 29.4. The van der Waals surface area contributed by atoms with Crippen molar-refractivity contribution < 1.29 is 19.1 Å². The number of piperidine rings is 1. The molecule has 7 heteroatoms. The number of amides is 3. The molecule has 138 valence electrons. The lowest BCUT2D eigenvalue weighted by Gasteiger charge is -2.36. The molecule has 3 saturated heterocycles. The van der Waals surface area contributed by atoms with Crippen molar-refractivity contribution in [3.8, 4) is 11.5 Å². The summed E-state index contributed by atoms with van der Waals surface area (Å²) in [6, 6.07) is 5.39. The maximum atomic E-state index is 12.8. The number of carbonyl (C=O) groups excluding carboxylic acids is 2. The van der Waals surface area contributed by atoms with Crippen molar-refractivity contribution in [2.24, 2.45) is 11.8 Å². The summed E-state index contributed by atoms with van der Waals surface area (Å²) in [5.41, 5.74) is 0.678. The molecule has 0 unspecified atom stereocenters. The Bertz CT molecular complexity index is 748. The Morgan fingerprint density at radius 1 is 1.12 bits per heavy atom. The molecule has 4 heterocycles. The molecule has 7 nitrogen and oxygen atoms in total. The number of urea groups is 1. The number of fused-ring (bicyclic) bond motifs is 5. The van der Waals surface area contributed by atoms with E-state index in [0.717, 1.165) is 19.4 Å². The van der Waals surface area contributed by atoms with Gasteiger partial charge >= 0.3 is 6.03 Å². The molecule has 3 amide bonds. The van der Waals surface area contributed by atoms with Crippen LogP contribution in [0, 0.1) is 11.8 Å². The molecule has 4 aliphatic heterocycles. The molecule has 0 spiro atoms. The number of hydrogen-bond acceptors (Lipinski definition) is 4. The molecule has 1 aromatic carbocycles. The van der Waals surface area contributed by atoms with Crippen LogP contribution in [0.3, 0.4) is 0 Å². The normalized spacial score (nSPS) is 26.8.